The molecule has 0 aliphatic heterocycles. The largest absolute Gasteiger partial charge is 0.466 e. The van der Waals surface area contributed by atoms with Crippen molar-refractivity contribution in [2.24, 2.45) is 0 Å². The van der Waals surface area contributed by atoms with E-state index in [4.69, 9.17) is 16.0 Å². The highest BCUT2D eigenvalue weighted by Crippen LogP contribution is 2.15. The van der Waals surface area contributed by atoms with Crippen molar-refractivity contribution in [3.8, 4) is 0 Å². The summed E-state index contributed by atoms with van der Waals surface area (Å²) in [7, 11) is 0. The molecule has 0 spiro atoms. The molecule has 0 saturated carbocycles. The summed E-state index contributed by atoms with van der Waals surface area (Å²) in [6.07, 6.45) is 0.147. The lowest BCUT2D eigenvalue weighted by Gasteiger charge is -2.12. The van der Waals surface area contributed by atoms with E-state index in [9.17, 15) is 9.90 Å². The van der Waals surface area contributed by atoms with Gasteiger partial charge in [-0.25, -0.2) is 0 Å². The fraction of sp³-hybridized carbons (Fsp3) is 0.312. The lowest BCUT2D eigenvalue weighted by atomic mass is 10.1. The Balaban J connectivity index is 1.74. The van der Waals surface area contributed by atoms with Gasteiger partial charge in [0.05, 0.1) is 6.10 Å². The summed E-state index contributed by atoms with van der Waals surface area (Å²) in [6, 6.07) is 10.6. The van der Waals surface area contributed by atoms with Gasteiger partial charge in [0, 0.05) is 24.4 Å². The molecule has 1 unspecified atom stereocenters. The van der Waals surface area contributed by atoms with Crippen molar-refractivity contribution >= 4 is 17.5 Å². The van der Waals surface area contributed by atoms with Crippen LogP contribution in [0, 0.1) is 6.92 Å². The molecule has 2 rings (SSSR count). The Bertz CT molecular complexity index is 592. The maximum Gasteiger partial charge on any atom is 0.220 e. The van der Waals surface area contributed by atoms with Crippen molar-refractivity contribution in [1.82, 2.24) is 5.32 Å². The molecule has 1 amide bonds. The number of carbonyl (C=O) groups is 1. The first-order valence-corrected chi connectivity index (χ1v) is 7.18. The predicted molar refractivity (Wildman–Crippen MR) is 81.2 cm³/mol. The van der Waals surface area contributed by atoms with Crippen LogP contribution in [0.3, 0.4) is 0 Å². The summed E-state index contributed by atoms with van der Waals surface area (Å²) >= 11 is 5.78. The molecule has 4 nitrogen and oxygen atoms in total. The molecule has 0 bridgehead atoms. The number of aliphatic hydroxyl groups excluding tert-OH is 1. The number of nitrogens with one attached hydrogen (secondary N) is 1. The third kappa shape index (κ3) is 4.92. The molecule has 0 saturated heterocycles. The first-order chi connectivity index (χ1) is 10.0. The Morgan fingerprint density at radius 3 is 2.62 bits per heavy atom. The molecular formula is C16H18ClNO3. The van der Waals surface area contributed by atoms with E-state index in [1.54, 1.807) is 24.3 Å². The van der Waals surface area contributed by atoms with Crippen molar-refractivity contribution in [3.05, 3.63) is 58.5 Å². The topological polar surface area (TPSA) is 62.5 Å². The van der Waals surface area contributed by atoms with Gasteiger partial charge in [0.1, 0.15) is 11.5 Å². The maximum atomic E-state index is 11.7. The third-order valence-corrected chi connectivity index (χ3v) is 3.39. The van der Waals surface area contributed by atoms with Gasteiger partial charge in [0.15, 0.2) is 0 Å². The van der Waals surface area contributed by atoms with Gasteiger partial charge in [-0.05, 0) is 36.8 Å². The van der Waals surface area contributed by atoms with Crippen LogP contribution in [-0.4, -0.2) is 17.6 Å². The monoisotopic (exact) mass is 307 g/mol. The summed E-state index contributed by atoms with van der Waals surface area (Å²) in [6.45, 7) is 2.05. The van der Waals surface area contributed by atoms with Crippen LogP contribution in [0.4, 0.5) is 0 Å². The zero-order valence-corrected chi connectivity index (χ0v) is 12.6. The minimum atomic E-state index is -0.739. The average Bonchev–Trinajstić information content (AvgIpc) is 2.89. The molecule has 1 aromatic carbocycles. The van der Waals surface area contributed by atoms with E-state index in [0.29, 0.717) is 17.9 Å². The smallest absolute Gasteiger partial charge is 0.220 e. The van der Waals surface area contributed by atoms with Crippen LogP contribution in [0.1, 0.15) is 29.6 Å². The highest BCUT2D eigenvalue weighted by atomic mass is 35.5. The summed E-state index contributed by atoms with van der Waals surface area (Å²) < 4.78 is 5.40. The van der Waals surface area contributed by atoms with E-state index >= 15 is 0 Å². The highest BCUT2D eigenvalue weighted by Gasteiger charge is 2.10. The number of furan rings is 1. The molecule has 1 heterocycles. The first-order valence-electron chi connectivity index (χ1n) is 6.80. The number of rotatable bonds is 6. The Kier molecular flexibility index (Phi) is 5.42. The van der Waals surface area contributed by atoms with Gasteiger partial charge < -0.3 is 14.8 Å². The molecule has 5 heteroatoms. The fourth-order valence-electron chi connectivity index (χ4n) is 1.96. The molecule has 1 aromatic heterocycles. The minimum Gasteiger partial charge on any atom is -0.466 e. The predicted octanol–water partition coefficient (Wildman–Crippen LogP) is 3.02. The van der Waals surface area contributed by atoms with E-state index in [2.05, 4.69) is 5.32 Å². The van der Waals surface area contributed by atoms with Crippen LogP contribution in [0.15, 0.2) is 40.8 Å². The van der Waals surface area contributed by atoms with Gasteiger partial charge in [-0.2, -0.15) is 0 Å². The summed E-state index contributed by atoms with van der Waals surface area (Å²) in [4.78, 5) is 11.7. The summed E-state index contributed by atoms with van der Waals surface area (Å²) in [5.41, 5.74) is 0.723. The van der Waals surface area contributed by atoms with Crippen LogP contribution < -0.4 is 5.32 Å². The second-order valence-corrected chi connectivity index (χ2v) is 5.32. The number of hydrogen-bond acceptors (Lipinski definition) is 3. The zero-order chi connectivity index (χ0) is 15.2. The molecule has 112 valence electrons. The van der Waals surface area contributed by atoms with Crippen LogP contribution in [0.25, 0.3) is 0 Å². The van der Waals surface area contributed by atoms with Crippen LogP contribution in [0.2, 0.25) is 5.02 Å². The van der Waals surface area contributed by atoms with E-state index in [1.807, 2.05) is 19.1 Å². The Labute approximate surface area is 128 Å². The number of halogens is 1. The number of aryl methyl sites for hydroxylation is 2. The Morgan fingerprint density at radius 2 is 2.00 bits per heavy atom. The maximum absolute atomic E-state index is 11.7. The SMILES string of the molecule is Cc1ccc(CCC(=O)NCC(O)c2ccc(Cl)cc2)o1. The molecule has 0 aliphatic carbocycles. The van der Waals surface area contributed by atoms with Crippen molar-refractivity contribution < 1.29 is 14.3 Å². The normalized spacial score (nSPS) is 12.1. The zero-order valence-electron chi connectivity index (χ0n) is 11.8. The molecule has 1 atom stereocenters. The summed E-state index contributed by atoms with van der Waals surface area (Å²) in [5, 5.41) is 13.3. The number of amides is 1. The van der Waals surface area contributed by atoms with E-state index < -0.39 is 6.10 Å². The Hall–Kier alpha value is -1.78. The van der Waals surface area contributed by atoms with E-state index in [-0.39, 0.29) is 12.5 Å². The Morgan fingerprint density at radius 1 is 1.29 bits per heavy atom. The fourth-order valence-corrected chi connectivity index (χ4v) is 2.08. The highest BCUT2D eigenvalue weighted by molar-refractivity contribution is 6.30. The molecule has 0 radical (unpaired) electrons. The lowest BCUT2D eigenvalue weighted by molar-refractivity contribution is -0.121. The van der Waals surface area contributed by atoms with E-state index in [1.165, 1.54) is 0 Å². The molecule has 0 fully saturated rings. The number of carbonyl (C=O) groups excluding carboxylic acids is 1. The van der Waals surface area contributed by atoms with Gasteiger partial charge in [-0.15, -0.1) is 0 Å². The molecule has 2 N–H and O–H groups in total. The van der Waals surface area contributed by atoms with Gasteiger partial charge in [-0.1, -0.05) is 23.7 Å². The van der Waals surface area contributed by atoms with Crippen LogP contribution >= 0.6 is 11.6 Å². The van der Waals surface area contributed by atoms with Gasteiger partial charge in [0.2, 0.25) is 5.91 Å². The first kappa shape index (κ1) is 15.6. The van der Waals surface area contributed by atoms with E-state index in [0.717, 1.165) is 17.1 Å². The molecule has 0 aliphatic rings. The van der Waals surface area contributed by atoms with Crippen LogP contribution in [-0.2, 0) is 11.2 Å². The third-order valence-electron chi connectivity index (χ3n) is 3.14. The van der Waals surface area contributed by atoms with Crippen molar-refractivity contribution in [1.29, 1.82) is 0 Å². The second kappa shape index (κ2) is 7.29. The minimum absolute atomic E-state index is 0.114. The van der Waals surface area contributed by atoms with Gasteiger partial charge in [-0.3, -0.25) is 4.79 Å². The average molecular weight is 308 g/mol. The van der Waals surface area contributed by atoms with Crippen molar-refractivity contribution in [3.63, 3.8) is 0 Å². The lowest BCUT2D eigenvalue weighted by Crippen LogP contribution is -2.28. The number of benzene rings is 1. The number of hydrogen-bond donors (Lipinski definition) is 2. The quantitative estimate of drug-likeness (QED) is 0.862. The molecule has 2 aromatic rings. The van der Waals surface area contributed by atoms with Crippen molar-refractivity contribution in [2.45, 2.75) is 25.9 Å². The van der Waals surface area contributed by atoms with Crippen molar-refractivity contribution in [2.75, 3.05) is 6.54 Å². The molecular weight excluding hydrogens is 290 g/mol. The standard InChI is InChI=1S/C16H18ClNO3/c1-11-2-7-14(21-11)8-9-16(20)18-10-15(19)12-3-5-13(17)6-4-12/h2-7,15,19H,8-10H2,1H3,(H,18,20). The summed E-state index contributed by atoms with van der Waals surface area (Å²) in [5.74, 6) is 1.52. The number of aliphatic hydroxyl groups is 1. The van der Waals surface area contributed by atoms with Gasteiger partial charge in [0.25, 0.3) is 0 Å². The second-order valence-electron chi connectivity index (χ2n) is 4.88. The van der Waals surface area contributed by atoms with Crippen LogP contribution in [0.5, 0.6) is 0 Å². The molecule has 21 heavy (non-hydrogen) atoms. The van der Waals surface area contributed by atoms with Gasteiger partial charge >= 0.3 is 0 Å².